The molecule has 1 saturated carbocycles. The zero-order valence-electron chi connectivity index (χ0n) is 21.5. The number of carboxylic acid groups (broad SMARTS) is 1. The summed E-state index contributed by atoms with van der Waals surface area (Å²) in [6.45, 7) is 0.607. The first-order chi connectivity index (χ1) is 17.8. The van der Waals surface area contributed by atoms with Gasteiger partial charge >= 0.3 is 6.09 Å². The molecule has 2 aromatic carbocycles. The number of nitrogens with one attached hydrogen (secondary N) is 2. The van der Waals surface area contributed by atoms with E-state index in [2.05, 4.69) is 10.6 Å². The van der Waals surface area contributed by atoms with Crippen molar-refractivity contribution in [3.8, 4) is 0 Å². The van der Waals surface area contributed by atoms with Crippen LogP contribution >= 0.6 is 11.6 Å². The molecule has 0 aliphatic heterocycles. The van der Waals surface area contributed by atoms with E-state index >= 15 is 4.39 Å². The lowest BCUT2D eigenvalue weighted by atomic mass is 9.85. The summed E-state index contributed by atoms with van der Waals surface area (Å²) in [6, 6.07) is 11.2. The fourth-order valence-electron chi connectivity index (χ4n) is 4.77. The van der Waals surface area contributed by atoms with Crippen LogP contribution in [0.25, 0.3) is 0 Å². The number of rotatable bonds is 12. The Balaban J connectivity index is 1.74. The average molecular weight is 534 g/mol. The van der Waals surface area contributed by atoms with Gasteiger partial charge in [0.25, 0.3) is 5.91 Å². The molecular formula is C28H37ClFN3O4. The fourth-order valence-corrected chi connectivity index (χ4v) is 4.97. The van der Waals surface area contributed by atoms with E-state index in [1.54, 1.807) is 24.3 Å². The fraction of sp³-hybridized carbons (Fsp3) is 0.500. The number of nitrogens with zero attached hydrogens (tertiary/aromatic N) is 1. The van der Waals surface area contributed by atoms with Crippen LogP contribution < -0.4 is 10.6 Å². The summed E-state index contributed by atoms with van der Waals surface area (Å²) in [5.74, 6) is -0.143. The van der Waals surface area contributed by atoms with Crippen molar-refractivity contribution in [2.45, 2.75) is 50.7 Å². The lowest BCUT2D eigenvalue weighted by Crippen LogP contribution is -2.40. The Kier molecular flexibility index (Phi) is 11.2. The van der Waals surface area contributed by atoms with Gasteiger partial charge in [0.1, 0.15) is 11.9 Å². The molecule has 9 heteroatoms. The first kappa shape index (κ1) is 28.9. The molecule has 37 heavy (non-hydrogen) atoms. The molecule has 3 N–H and O–H groups in total. The number of hydrogen-bond donors (Lipinski definition) is 3. The molecule has 1 aliphatic rings. The van der Waals surface area contributed by atoms with E-state index in [4.69, 9.17) is 21.4 Å². The van der Waals surface area contributed by atoms with Crippen molar-refractivity contribution in [3.05, 3.63) is 70.0 Å². The van der Waals surface area contributed by atoms with E-state index in [1.807, 2.05) is 7.05 Å². The summed E-state index contributed by atoms with van der Waals surface area (Å²) < 4.78 is 21.0. The van der Waals surface area contributed by atoms with Crippen molar-refractivity contribution in [1.82, 2.24) is 15.5 Å². The topological polar surface area (TPSA) is 90.9 Å². The van der Waals surface area contributed by atoms with Crippen LogP contribution in [0.1, 0.15) is 66.1 Å². The molecule has 2 aromatic rings. The van der Waals surface area contributed by atoms with Crippen LogP contribution in [0.15, 0.2) is 42.5 Å². The van der Waals surface area contributed by atoms with Gasteiger partial charge < -0.3 is 25.4 Å². The summed E-state index contributed by atoms with van der Waals surface area (Å²) in [5.41, 5.74) is 1.10. The summed E-state index contributed by atoms with van der Waals surface area (Å²) in [5, 5.41) is 15.9. The van der Waals surface area contributed by atoms with Gasteiger partial charge in [-0.3, -0.25) is 4.79 Å². The van der Waals surface area contributed by atoms with Crippen LogP contribution in [0.4, 0.5) is 9.18 Å². The second-order valence-corrected chi connectivity index (χ2v) is 10.1. The summed E-state index contributed by atoms with van der Waals surface area (Å²) in [4.78, 5) is 25.2. The van der Waals surface area contributed by atoms with Crippen LogP contribution in [0, 0.1) is 11.7 Å². The van der Waals surface area contributed by atoms with Crippen LogP contribution in [0.2, 0.25) is 5.02 Å². The van der Waals surface area contributed by atoms with Gasteiger partial charge in [-0.2, -0.15) is 0 Å². The highest BCUT2D eigenvalue weighted by atomic mass is 35.5. The molecule has 7 nitrogen and oxygen atoms in total. The standard InChI is InChI=1S/C28H37ClFN3O4/c1-31-23(15-19-7-4-3-5-8-19)18-32-27(34)21-11-12-25(30)24(17-21)26(20-9-6-10-22(29)16-20)37-14-13-33(2)28(35)36/h6,9-12,16-17,19,23,26,31H,3-5,7-8,13-15,18H2,1-2H3,(H,32,34)(H,35,36)/t23-,26?/m1/s1. The van der Waals surface area contributed by atoms with Crippen LogP contribution in [0.5, 0.6) is 0 Å². The number of amides is 2. The monoisotopic (exact) mass is 533 g/mol. The number of ether oxygens (including phenoxy) is 1. The third-order valence-corrected chi connectivity index (χ3v) is 7.22. The van der Waals surface area contributed by atoms with Crippen molar-refractivity contribution in [1.29, 1.82) is 0 Å². The SMILES string of the molecule is CN[C@@H](CNC(=O)c1ccc(F)c(C(OCCN(C)C(=O)O)c2cccc(Cl)c2)c1)CC1CCCCC1. The number of carbonyl (C=O) groups is 2. The molecule has 2 amide bonds. The van der Waals surface area contributed by atoms with Gasteiger partial charge in [0.05, 0.1) is 6.61 Å². The van der Waals surface area contributed by atoms with E-state index < -0.39 is 18.0 Å². The van der Waals surface area contributed by atoms with Gasteiger partial charge in [-0.25, -0.2) is 9.18 Å². The number of halogens is 2. The smallest absolute Gasteiger partial charge is 0.407 e. The largest absolute Gasteiger partial charge is 0.465 e. The predicted molar refractivity (Wildman–Crippen MR) is 143 cm³/mol. The minimum atomic E-state index is -1.09. The highest BCUT2D eigenvalue weighted by molar-refractivity contribution is 6.30. The molecule has 202 valence electrons. The molecule has 0 heterocycles. The third kappa shape index (κ3) is 8.69. The Morgan fingerprint density at radius 3 is 2.62 bits per heavy atom. The highest BCUT2D eigenvalue weighted by Gasteiger charge is 2.23. The van der Waals surface area contributed by atoms with E-state index in [1.165, 1.54) is 57.4 Å². The quantitative estimate of drug-likeness (QED) is 0.336. The van der Waals surface area contributed by atoms with Gasteiger partial charge in [0.15, 0.2) is 0 Å². The summed E-state index contributed by atoms with van der Waals surface area (Å²) in [6.07, 6.45) is 5.38. The number of likely N-dealkylation sites (N-methyl/N-ethyl adjacent to an activating group) is 2. The maximum Gasteiger partial charge on any atom is 0.407 e. The van der Waals surface area contributed by atoms with Crippen molar-refractivity contribution < 1.29 is 23.8 Å². The third-order valence-electron chi connectivity index (χ3n) is 6.99. The van der Waals surface area contributed by atoms with Crippen LogP contribution in [0.3, 0.4) is 0 Å². The Bertz CT molecular complexity index is 1050. The molecule has 0 saturated heterocycles. The first-order valence-electron chi connectivity index (χ1n) is 12.8. The summed E-state index contributed by atoms with van der Waals surface area (Å²) in [7, 11) is 3.34. The molecule has 0 radical (unpaired) electrons. The minimum Gasteiger partial charge on any atom is -0.465 e. The van der Waals surface area contributed by atoms with Crippen molar-refractivity contribution in [2.75, 3.05) is 33.8 Å². The molecule has 1 unspecified atom stereocenters. The second-order valence-electron chi connectivity index (χ2n) is 9.68. The molecule has 2 atom stereocenters. The highest BCUT2D eigenvalue weighted by Crippen LogP contribution is 2.31. The van der Waals surface area contributed by atoms with E-state index in [9.17, 15) is 9.59 Å². The molecule has 3 rings (SSSR count). The van der Waals surface area contributed by atoms with E-state index in [-0.39, 0.29) is 30.7 Å². The Morgan fingerprint density at radius 1 is 1.19 bits per heavy atom. The lowest BCUT2D eigenvalue weighted by Gasteiger charge is -2.26. The molecule has 1 aliphatic carbocycles. The van der Waals surface area contributed by atoms with Crippen LogP contribution in [-0.2, 0) is 4.74 Å². The van der Waals surface area contributed by atoms with E-state index in [0.29, 0.717) is 28.6 Å². The zero-order chi connectivity index (χ0) is 26.8. The lowest BCUT2D eigenvalue weighted by molar-refractivity contribution is 0.0614. The predicted octanol–water partition coefficient (Wildman–Crippen LogP) is 5.48. The molecule has 0 aromatic heterocycles. The Labute approximate surface area is 223 Å². The van der Waals surface area contributed by atoms with Gasteiger partial charge in [-0.1, -0.05) is 55.8 Å². The molecule has 1 fully saturated rings. The van der Waals surface area contributed by atoms with Gasteiger partial charge in [-0.15, -0.1) is 0 Å². The summed E-state index contributed by atoms with van der Waals surface area (Å²) >= 11 is 6.17. The average Bonchev–Trinajstić information content (AvgIpc) is 2.89. The maximum absolute atomic E-state index is 15.1. The van der Waals surface area contributed by atoms with Crippen LogP contribution in [-0.4, -0.2) is 61.8 Å². The molecule has 0 spiro atoms. The van der Waals surface area contributed by atoms with Gasteiger partial charge in [-0.05, 0) is 55.3 Å². The number of carbonyl (C=O) groups excluding carboxylic acids is 1. The number of benzene rings is 2. The number of hydrogen-bond acceptors (Lipinski definition) is 4. The Morgan fingerprint density at radius 2 is 1.95 bits per heavy atom. The molecule has 0 bridgehead atoms. The minimum absolute atomic E-state index is 0.0286. The molecular weight excluding hydrogens is 497 g/mol. The van der Waals surface area contributed by atoms with Gasteiger partial charge in [0, 0.05) is 42.3 Å². The van der Waals surface area contributed by atoms with Crippen molar-refractivity contribution in [3.63, 3.8) is 0 Å². The first-order valence-corrected chi connectivity index (χ1v) is 13.2. The van der Waals surface area contributed by atoms with E-state index in [0.717, 1.165) is 11.3 Å². The normalized spacial score (nSPS) is 15.7. The maximum atomic E-state index is 15.1. The zero-order valence-corrected chi connectivity index (χ0v) is 22.3. The van der Waals surface area contributed by atoms with Crippen molar-refractivity contribution >= 4 is 23.6 Å². The second kappa shape index (κ2) is 14.3. The van der Waals surface area contributed by atoms with Gasteiger partial charge in [0.2, 0.25) is 0 Å². The van der Waals surface area contributed by atoms with Crippen molar-refractivity contribution in [2.24, 2.45) is 5.92 Å². The Hall–Kier alpha value is -2.68.